The van der Waals surface area contributed by atoms with Crippen LogP contribution in [-0.2, 0) is 0 Å². The van der Waals surface area contributed by atoms with Crippen LogP contribution in [0.25, 0.3) is 0 Å². The van der Waals surface area contributed by atoms with Crippen LogP contribution < -0.4 is 5.32 Å². The van der Waals surface area contributed by atoms with Crippen molar-refractivity contribution in [2.24, 2.45) is 5.92 Å². The summed E-state index contributed by atoms with van der Waals surface area (Å²) in [4.78, 5) is 11.7. The molecule has 0 saturated heterocycles. The molecule has 0 spiro atoms. The van der Waals surface area contributed by atoms with Crippen molar-refractivity contribution in [1.82, 2.24) is 5.32 Å². The van der Waals surface area contributed by atoms with Crippen molar-refractivity contribution < 1.29 is 9.18 Å². The summed E-state index contributed by atoms with van der Waals surface area (Å²) in [5.74, 6) is 0.221. The van der Waals surface area contributed by atoms with E-state index in [1.165, 1.54) is 37.8 Å². The van der Waals surface area contributed by atoms with Crippen LogP contribution in [-0.4, -0.2) is 12.5 Å². The highest BCUT2D eigenvalue weighted by Crippen LogP contribution is 2.26. The predicted molar refractivity (Wildman–Crippen MR) is 65.3 cm³/mol. The zero-order valence-electron chi connectivity index (χ0n) is 9.92. The van der Waals surface area contributed by atoms with Crippen molar-refractivity contribution in [2.45, 2.75) is 32.1 Å². The fourth-order valence-electron chi connectivity index (χ4n) is 2.42. The first-order chi connectivity index (χ1) is 8.25. The summed E-state index contributed by atoms with van der Waals surface area (Å²) in [6.45, 7) is 0.694. The molecule has 1 aliphatic rings. The van der Waals surface area contributed by atoms with Gasteiger partial charge in [-0.2, -0.15) is 0 Å². The van der Waals surface area contributed by atoms with Crippen molar-refractivity contribution in [2.75, 3.05) is 6.54 Å². The Morgan fingerprint density at radius 2 is 2.12 bits per heavy atom. The molecule has 0 aliphatic heterocycles. The van der Waals surface area contributed by atoms with Gasteiger partial charge in [0.05, 0.1) is 0 Å². The molecular formula is C14H18FNO. The maximum atomic E-state index is 12.9. The van der Waals surface area contributed by atoms with E-state index in [0.717, 1.165) is 12.3 Å². The van der Waals surface area contributed by atoms with Crippen molar-refractivity contribution in [3.05, 3.63) is 35.6 Å². The molecule has 1 N–H and O–H groups in total. The lowest BCUT2D eigenvalue weighted by Gasteiger charge is -2.09. The smallest absolute Gasteiger partial charge is 0.251 e. The van der Waals surface area contributed by atoms with Gasteiger partial charge in [0, 0.05) is 12.1 Å². The van der Waals surface area contributed by atoms with Gasteiger partial charge in [0.25, 0.3) is 5.91 Å². The van der Waals surface area contributed by atoms with Crippen molar-refractivity contribution >= 4 is 5.91 Å². The van der Waals surface area contributed by atoms with Crippen LogP contribution in [0.3, 0.4) is 0 Å². The molecule has 0 bridgehead atoms. The molecule has 0 atom stereocenters. The SMILES string of the molecule is O=C(NCCC1CCCC1)c1cccc(F)c1. The Balaban J connectivity index is 1.77. The zero-order valence-corrected chi connectivity index (χ0v) is 9.92. The van der Waals surface area contributed by atoms with Gasteiger partial charge in [-0.05, 0) is 30.5 Å². The molecule has 2 rings (SSSR count). The van der Waals surface area contributed by atoms with Gasteiger partial charge in [-0.15, -0.1) is 0 Å². The van der Waals surface area contributed by atoms with Gasteiger partial charge in [0.1, 0.15) is 5.82 Å². The van der Waals surface area contributed by atoms with E-state index < -0.39 is 0 Å². The van der Waals surface area contributed by atoms with E-state index in [1.807, 2.05) is 0 Å². The lowest BCUT2D eigenvalue weighted by molar-refractivity contribution is 0.0951. The molecule has 0 heterocycles. The van der Waals surface area contributed by atoms with E-state index in [0.29, 0.717) is 12.1 Å². The molecule has 92 valence electrons. The Kier molecular flexibility index (Phi) is 4.13. The Morgan fingerprint density at radius 1 is 1.35 bits per heavy atom. The van der Waals surface area contributed by atoms with Crippen LogP contribution in [0.4, 0.5) is 4.39 Å². The second-order valence-corrected chi connectivity index (χ2v) is 4.71. The highest BCUT2D eigenvalue weighted by atomic mass is 19.1. The number of benzene rings is 1. The average Bonchev–Trinajstić information content (AvgIpc) is 2.82. The van der Waals surface area contributed by atoms with Gasteiger partial charge in [0.2, 0.25) is 0 Å². The van der Waals surface area contributed by atoms with Crippen LogP contribution in [0.2, 0.25) is 0 Å². The Labute approximate surface area is 101 Å². The largest absolute Gasteiger partial charge is 0.352 e. The second-order valence-electron chi connectivity index (χ2n) is 4.71. The minimum absolute atomic E-state index is 0.178. The fourth-order valence-corrected chi connectivity index (χ4v) is 2.42. The maximum absolute atomic E-state index is 12.9. The summed E-state index contributed by atoms with van der Waals surface area (Å²) in [5.41, 5.74) is 0.399. The van der Waals surface area contributed by atoms with Gasteiger partial charge < -0.3 is 5.32 Å². The molecule has 17 heavy (non-hydrogen) atoms. The predicted octanol–water partition coefficient (Wildman–Crippen LogP) is 3.14. The van der Waals surface area contributed by atoms with Crippen molar-refractivity contribution in [3.63, 3.8) is 0 Å². The highest BCUT2D eigenvalue weighted by molar-refractivity contribution is 5.94. The molecule has 3 heteroatoms. The van der Waals surface area contributed by atoms with E-state index in [2.05, 4.69) is 5.32 Å². The molecule has 0 aromatic heterocycles. The number of carbonyl (C=O) groups excluding carboxylic acids is 1. The van der Waals surface area contributed by atoms with Gasteiger partial charge in [-0.1, -0.05) is 31.7 Å². The third-order valence-electron chi connectivity index (χ3n) is 3.40. The highest BCUT2D eigenvalue weighted by Gasteiger charge is 2.14. The summed E-state index contributed by atoms with van der Waals surface area (Å²) in [7, 11) is 0. The third kappa shape index (κ3) is 3.55. The number of rotatable bonds is 4. The van der Waals surface area contributed by atoms with Gasteiger partial charge in [0.15, 0.2) is 0 Å². The Morgan fingerprint density at radius 3 is 2.82 bits per heavy atom. The molecule has 1 aromatic carbocycles. The van der Waals surface area contributed by atoms with Crippen LogP contribution in [0, 0.1) is 11.7 Å². The van der Waals surface area contributed by atoms with Crippen LogP contribution in [0.15, 0.2) is 24.3 Å². The van der Waals surface area contributed by atoms with E-state index in [9.17, 15) is 9.18 Å². The Hall–Kier alpha value is -1.38. The monoisotopic (exact) mass is 235 g/mol. The first-order valence-electron chi connectivity index (χ1n) is 6.29. The van der Waals surface area contributed by atoms with Gasteiger partial charge in [-0.25, -0.2) is 4.39 Å². The van der Waals surface area contributed by atoms with Crippen molar-refractivity contribution in [1.29, 1.82) is 0 Å². The summed E-state index contributed by atoms with van der Waals surface area (Å²) in [6, 6.07) is 5.80. The standard InChI is InChI=1S/C14H18FNO/c15-13-7-3-6-12(10-13)14(17)16-9-8-11-4-1-2-5-11/h3,6-7,10-11H,1-2,4-5,8-9H2,(H,16,17). The normalized spacial score (nSPS) is 16.1. The molecule has 1 saturated carbocycles. The fraction of sp³-hybridized carbons (Fsp3) is 0.500. The number of amides is 1. The summed E-state index contributed by atoms with van der Waals surface area (Å²) < 4.78 is 12.9. The van der Waals surface area contributed by atoms with E-state index in [1.54, 1.807) is 12.1 Å². The molecule has 1 amide bonds. The van der Waals surface area contributed by atoms with E-state index in [-0.39, 0.29) is 11.7 Å². The summed E-state index contributed by atoms with van der Waals surface area (Å²) in [5, 5.41) is 2.85. The maximum Gasteiger partial charge on any atom is 0.251 e. The van der Waals surface area contributed by atoms with Crippen LogP contribution in [0.1, 0.15) is 42.5 Å². The Bertz CT molecular complexity index is 386. The first-order valence-corrected chi connectivity index (χ1v) is 6.29. The topological polar surface area (TPSA) is 29.1 Å². The number of halogens is 1. The lowest BCUT2D eigenvalue weighted by atomic mass is 10.0. The third-order valence-corrected chi connectivity index (χ3v) is 3.40. The lowest BCUT2D eigenvalue weighted by Crippen LogP contribution is -2.25. The number of nitrogens with one attached hydrogen (secondary N) is 1. The van der Waals surface area contributed by atoms with Crippen LogP contribution >= 0.6 is 0 Å². The zero-order chi connectivity index (χ0) is 12.1. The molecule has 0 radical (unpaired) electrons. The molecule has 1 aliphatic carbocycles. The van der Waals surface area contributed by atoms with Crippen molar-refractivity contribution in [3.8, 4) is 0 Å². The number of carbonyl (C=O) groups is 1. The van der Waals surface area contributed by atoms with E-state index >= 15 is 0 Å². The molecule has 1 aromatic rings. The second kappa shape index (κ2) is 5.80. The quantitative estimate of drug-likeness (QED) is 0.853. The molecule has 2 nitrogen and oxygen atoms in total. The van der Waals surface area contributed by atoms with Gasteiger partial charge >= 0.3 is 0 Å². The first kappa shape index (κ1) is 12.1. The minimum Gasteiger partial charge on any atom is -0.352 e. The summed E-state index contributed by atoms with van der Waals surface area (Å²) in [6.07, 6.45) is 6.26. The minimum atomic E-state index is -0.367. The molecule has 1 fully saturated rings. The number of hydrogen-bond acceptors (Lipinski definition) is 1. The van der Waals surface area contributed by atoms with E-state index in [4.69, 9.17) is 0 Å². The van der Waals surface area contributed by atoms with Gasteiger partial charge in [-0.3, -0.25) is 4.79 Å². The molecular weight excluding hydrogens is 217 g/mol. The molecule has 0 unspecified atom stereocenters. The number of hydrogen-bond donors (Lipinski definition) is 1. The van der Waals surface area contributed by atoms with Crippen LogP contribution in [0.5, 0.6) is 0 Å². The summed E-state index contributed by atoms with van der Waals surface area (Å²) >= 11 is 0. The average molecular weight is 235 g/mol.